The summed E-state index contributed by atoms with van der Waals surface area (Å²) in [5, 5.41) is 10.7. The minimum atomic E-state index is -0.325. The van der Waals surface area contributed by atoms with Crippen molar-refractivity contribution in [3.8, 4) is 11.5 Å². The molecule has 0 aliphatic carbocycles. The first-order valence-electron chi connectivity index (χ1n) is 10.8. The van der Waals surface area contributed by atoms with Gasteiger partial charge in [0.1, 0.15) is 0 Å². The van der Waals surface area contributed by atoms with Gasteiger partial charge in [-0.1, -0.05) is 30.3 Å². The van der Waals surface area contributed by atoms with Crippen LogP contribution in [0.3, 0.4) is 0 Å². The molecule has 162 valence electrons. The van der Waals surface area contributed by atoms with Gasteiger partial charge in [-0.25, -0.2) is 0 Å². The van der Waals surface area contributed by atoms with Crippen molar-refractivity contribution in [2.24, 2.45) is 0 Å². The van der Waals surface area contributed by atoms with Crippen molar-refractivity contribution in [2.45, 2.75) is 20.3 Å². The lowest BCUT2D eigenvalue weighted by Crippen LogP contribution is -2.47. The van der Waals surface area contributed by atoms with E-state index in [2.05, 4.69) is 57.4 Å². The third-order valence-corrected chi connectivity index (χ3v) is 5.65. The first kappa shape index (κ1) is 21.1. The molecule has 1 aliphatic rings. The van der Waals surface area contributed by atoms with Gasteiger partial charge in [0.2, 0.25) is 5.89 Å². The van der Waals surface area contributed by atoms with Gasteiger partial charge in [0.15, 0.2) is 0 Å². The number of amides is 1. The summed E-state index contributed by atoms with van der Waals surface area (Å²) in [6.45, 7) is 9.98. The predicted molar refractivity (Wildman–Crippen MR) is 121 cm³/mol. The van der Waals surface area contributed by atoms with Gasteiger partial charge in [-0.2, -0.15) is 0 Å². The fraction of sp³-hybridized carbons (Fsp3) is 0.375. The molecule has 1 amide bonds. The maximum absolute atomic E-state index is 12.3. The molecule has 0 atom stereocenters. The second kappa shape index (κ2) is 9.75. The molecule has 0 unspecified atom stereocenters. The molecular weight excluding hydrogens is 390 g/mol. The van der Waals surface area contributed by atoms with E-state index in [1.165, 1.54) is 16.8 Å². The molecule has 1 aromatic heterocycles. The highest BCUT2D eigenvalue weighted by Crippen LogP contribution is 2.23. The molecule has 1 fully saturated rings. The molecule has 7 heteroatoms. The third kappa shape index (κ3) is 5.30. The minimum absolute atomic E-state index is 0.000918. The van der Waals surface area contributed by atoms with Crippen LogP contribution in [-0.4, -0.2) is 60.3 Å². The molecule has 1 saturated heterocycles. The van der Waals surface area contributed by atoms with Crippen molar-refractivity contribution < 1.29 is 9.21 Å². The number of nitrogens with one attached hydrogen (secondary N) is 1. The lowest BCUT2D eigenvalue weighted by molar-refractivity contribution is 0.0917. The van der Waals surface area contributed by atoms with Crippen LogP contribution in [0.25, 0.3) is 11.5 Å². The van der Waals surface area contributed by atoms with Crippen molar-refractivity contribution in [1.29, 1.82) is 0 Å². The summed E-state index contributed by atoms with van der Waals surface area (Å²) in [4.78, 5) is 17.2. The number of carbonyl (C=O) groups excluding carboxylic acids is 1. The monoisotopic (exact) mass is 419 g/mol. The number of hydrogen-bond donors (Lipinski definition) is 1. The molecule has 2 aromatic carbocycles. The number of hydrogen-bond acceptors (Lipinski definition) is 6. The third-order valence-electron chi connectivity index (χ3n) is 5.65. The van der Waals surface area contributed by atoms with E-state index in [-0.39, 0.29) is 11.8 Å². The van der Waals surface area contributed by atoms with Gasteiger partial charge < -0.3 is 14.6 Å². The molecule has 4 rings (SSSR count). The zero-order chi connectivity index (χ0) is 21.6. The lowest BCUT2D eigenvalue weighted by atomic mass is 10.1. The van der Waals surface area contributed by atoms with Crippen LogP contribution in [-0.2, 0) is 0 Å². The zero-order valence-electron chi connectivity index (χ0n) is 18.2. The van der Waals surface area contributed by atoms with Gasteiger partial charge in [0.25, 0.3) is 0 Å². The Kier molecular flexibility index (Phi) is 6.62. The maximum Gasteiger partial charge on any atom is 0.308 e. The number of rotatable bonds is 7. The number of aromatic nitrogens is 2. The number of carbonyl (C=O) groups is 1. The van der Waals surface area contributed by atoms with Crippen molar-refractivity contribution in [3.63, 3.8) is 0 Å². The average Bonchev–Trinajstić information content (AvgIpc) is 3.30. The van der Waals surface area contributed by atoms with Gasteiger partial charge in [-0.15, -0.1) is 10.2 Å². The fourth-order valence-corrected chi connectivity index (χ4v) is 3.87. The molecule has 0 radical (unpaired) electrons. The van der Waals surface area contributed by atoms with E-state index in [0.29, 0.717) is 12.4 Å². The highest BCUT2D eigenvalue weighted by atomic mass is 16.4. The topological polar surface area (TPSA) is 74.5 Å². The second-order valence-corrected chi connectivity index (χ2v) is 8.01. The Bertz CT molecular complexity index is 1010. The number of anilines is 1. The summed E-state index contributed by atoms with van der Waals surface area (Å²) < 4.78 is 5.50. The molecular formula is C24H29N5O2. The van der Waals surface area contributed by atoms with Crippen molar-refractivity contribution in [3.05, 3.63) is 65.5 Å². The van der Waals surface area contributed by atoms with Gasteiger partial charge >= 0.3 is 11.8 Å². The van der Waals surface area contributed by atoms with E-state index < -0.39 is 0 Å². The van der Waals surface area contributed by atoms with Gasteiger partial charge in [0, 0.05) is 44.0 Å². The van der Waals surface area contributed by atoms with Crippen LogP contribution in [0, 0.1) is 13.8 Å². The van der Waals surface area contributed by atoms with E-state index >= 15 is 0 Å². The van der Waals surface area contributed by atoms with Crippen LogP contribution in [0.2, 0.25) is 0 Å². The normalized spacial score (nSPS) is 14.6. The van der Waals surface area contributed by atoms with E-state index in [0.717, 1.165) is 44.7 Å². The van der Waals surface area contributed by atoms with E-state index in [1.54, 1.807) is 0 Å². The van der Waals surface area contributed by atoms with E-state index in [9.17, 15) is 4.79 Å². The Balaban J connectivity index is 1.18. The van der Waals surface area contributed by atoms with Gasteiger partial charge in [-0.05, 0) is 56.1 Å². The van der Waals surface area contributed by atoms with E-state index in [4.69, 9.17) is 4.42 Å². The Hall–Kier alpha value is -3.19. The Labute approximate surface area is 183 Å². The first-order valence-corrected chi connectivity index (χ1v) is 10.8. The molecule has 0 bridgehead atoms. The van der Waals surface area contributed by atoms with Crippen molar-refractivity contribution >= 4 is 11.6 Å². The van der Waals surface area contributed by atoms with Crippen LogP contribution in [0.5, 0.6) is 0 Å². The Morgan fingerprint density at radius 3 is 2.58 bits per heavy atom. The van der Waals surface area contributed by atoms with Crippen LogP contribution in [0.4, 0.5) is 5.69 Å². The summed E-state index contributed by atoms with van der Waals surface area (Å²) >= 11 is 0. The summed E-state index contributed by atoms with van der Waals surface area (Å²) in [7, 11) is 0. The first-order chi connectivity index (χ1) is 15.1. The highest BCUT2D eigenvalue weighted by Gasteiger charge is 2.19. The summed E-state index contributed by atoms with van der Waals surface area (Å²) in [6, 6.07) is 16.1. The molecule has 2 heterocycles. The molecule has 0 saturated carbocycles. The van der Waals surface area contributed by atoms with Crippen LogP contribution in [0.15, 0.2) is 52.9 Å². The van der Waals surface area contributed by atoms with Crippen molar-refractivity contribution in [2.75, 3.05) is 44.2 Å². The number of benzene rings is 2. The SMILES string of the molecule is Cc1ccc(C)c(N2CCN(CCCNC(=O)c3nnc(-c4ccccc4)o3)CC2)c1. The summed E-state index contributed by atoms with van der Waals surface area (Å²) in [5.41, 5.74) is 4.78. The van der Waals surface area contributed by atoms with Crippen LogP contribution in [0.1, 0.15) is 28.2 Å². The van der Waals surface area contributed by atoms with Gasteiger partial charge in [0.05, 0.1) is 0 Å². The molecule has 3 aromatic rings. The van der Waals surface area contributed by atoms with Crippen molar-refractivity contribution in [1.82, 2.24) is 20.4 Å². The maximum atomic E-state index is 12.3. The summed E-state index contributed by atoms with van der Waals surface area (Å²) in [6.07, 6.45) is 0.884. The second-order valence-electron chi connectivity index (χ2n) is 8.01. The van der Waals surface area contributed by atoms with Crippen LogP contribution < -0.4 is 10.2 Å². The lowest BCUT2D eigenvalue weighted by Gasteiger charge is -2.37. The Morgan fingerprint density at radius 1 is 1.03 bits per heavy atom. The quantitative estimate of drug-likeness (QED) is 0.593. The molecule has 1 N–H and O–H groups in total. The Morgan fingerprint density at radius 2 is 1.81 bits per heavy atom. The zero-order valence-corrected chi connectivity index (χ0v) is 18.2. The molecule has 31 heavy (non-hydrogen) atoms. The minimum Gasteiger partial charge on any atom is -0.412 e. The summed E-state index contributed by atoms with van der Waals surface area (Å²) in [5.74, 6) is 0.0304. The smallest absolute Gasteiger partial charge is 0.308 e. The molecule has 7 nitrogen and oxygen atoms in total. The van der Waals surface area contributed by atoms with Gasteiger partial charge in [-0.3, -0.25) is 9.69 Å². The standard InChI is InChI=1S/C24H29N5O2/c1-18-9-10-19(2)21(17-18)29-15-13-28(14-16-29)12-6-11-25-22(30)24-27-26-23(31-24)20-7-4-3-5-8-20/h3-5,7-10,17H,6,11-16H2,1-2H3,(H,25,30). The number of nitrogens with zero attached hydrogens (tertiary/aromatic N) is 4. The number of aryl methyl sites for hydroxylation is 2. The molecule has 0 spiro atoms. The van der Waals surface area contributed by atoms with E-state index in [1.807, 2.05) is 30.3 Å². The predicted octanol–water partition coefficient (Wildman–Crippen LogP) is 3.30. The van der Waals surface area contributed by atoms with Crippen LogP contribution >= 0.6 is 0 Å². The highest BCUT2D eigenvalue weighted by molar-refractivity contribution is 5.89. The largest absolute Gasteiger partial charge is 0.412 e. The molecule has 1 aliphatic heterocycles. The fourth-order valence-electron chi connectivity index (χ4n) is 3.87. The number of piperazine rings is 1. The average molecular weight is 420 g/mol.